The van der Waals surface area contributed by atoms with E-state index in [4.69, 9.17) is 11.5 Å². The molecule has 4 heteroatoms. The lowest BCUT2D eigenvalue weighted by Crippen LogP contribution is -2.18. The van der Waals surface area contributed by atoms with Crippen LogP contribution in [0.3, 0.4) is 0 Å². The lowest BCUT2D eigenvalue weighted by molar-refractivity contribution is 0.100. The van der Waals surface area contributed by atoms with Crippen LogP contribution in [0, 0.1) is 13.8 Å². The summed E-state index contributed by atoms with van der Waals surface area (Å²) in [6, 6.07) is 10.4. The smallest absolute Gasteiger partial charge is 0.250 e. The third kappa shape index (κ3) is 2.28. The van der Waals surface area contributed by atoms with Crippen LogP contribution >= 0.6 is 0 Å². The Bertz CT molecular complexity index is 691. The van der Waals surface area contributed by atoms with Crippen molar-refractivity contribution in [2.75, 3.05) is 5.73 Å². The van der Waals surface area contributed by atoms with Gasteiger partial charge in [0.25, 0.3) is 5.91 Å². The van der Waals surface area contributed by atoms with Gasteiger partial charge < -0.3 is 11.5 Å². The molecule has 0 radical (unpaired) electrons. The number of amides is 1. The molecule has 0 aliphatic heterocycles. The van der Waals surface area contributed by atoms with E-state index in [0.29, 0.717) is 11.1 Å². The maximum atomic E-state index is 12.6. The standard InChI is InChI=1S/C16H16N2O2/c1-9-8-12(16(18)20)14(17)13(10(9)2)15(19)11-6-4-3-5-7-11/h3-8H,17H2,1-2H3,(H2,18,20). The number of benzene rings is 2. The molecule has 0 aliphatic rings. The summed E-state index contributed by atoms with van der Waals surface area (Å²) in [5.41, 5.74) is 14.1. The molecule has 1 amide bonds. The van der Waals surface area contributed by atoms with Gasteiger partial charge in [-0.3, -0.25) is 9.59 Å². The predicted octanol–water partition coefficient (Wildman–Crippen LogP) is 2.22. The summed E-state index contributed by atoms with van der Waals surface area (Å²) in [4.78, 5) is 24.0. The Morgan fingerprint density at radius 1 is 1.05 bits per heavy atom. The molecule has 0 aliphatic carbocycles. The molecule has 102 valence electrons. The summed E-state index contributed by atoms with van der Waals surface area (Å²) in [5.74, 6) is -0.834. The molecule has 2 rings (SSSR count). The molecule has 0 saturated carbocycles. The molecule has 20 heavy (non-hydrogen) atoms. The SMILES string of the molecule is Cc1cc(C(N)=O)c(N)c(C(=O)c2ccccc2)c1C. The molecule has 0 atom stereocenters. The molecular formula is C16H16N2O2. The van der Waals surface area contributed by atoms with Gasteiger partial charge in [0.15, 0.2) is 5.78 Å². The average Bonchev–Trinajstić information content (AvgIpc) is 2.43. The minimum absolute atomic E-state index is 0.148. The molecule has 0 unspecified atom stereocenters. The molecule has 0 spiro atoms. The summed E-state index contributed by atoms with van der Waals surface area (Å²) in [6.07, 6.45) is 0. The predicted molar refractivity (Wildman–Crippen MR) is 78.7 cm³/mol. The van der Waals surface area contributed by atoms with Gasteiger partial charge in [-0.05, 0) is 31.0 Å². The second kappa shape index (κ2) is 5.17. The number of anilines is 1. The second-order valence-corrected chi connectivity index (χ2v) is 4.71. The van der Waals surface area contributed by atoms with Crippen LogP contribution in [-0.4, -0.2) is 11.7 Å². The maximum absolute atomic E-state index is 12.6. The monoisotopic (exact) mass is 268 g/mol. The number of aryl methyl sites for hydroxylation is 1. The number of rotatable bonds is 3. The van der Waals surface area contributed by atoms with Gasteiger partial charge in [-0.1, -0.05) is 30.3 Å². The zero-order valence-electron chi connectivity index (χ0n) is 11.4. The van der Waals surface area contributed by atoms with Gasteiger partial charge in [0.05, 0.1) is 11.3 Å². The summed E-state index contributed by atoms with van der Waals surface area (Å²) >= 11 is 0. The first-order valence-corrected chi connectivity index (χ1v) is 6.22. The van der Waals surface area contributed by atoms with Gasteiger partial charge in [-0.25, -0.2) is 0 Å². The van der Waals surface area contributed by atoms with Crippen molar-refractivity contribution in [3.8, 4) is 0 Å². The fraction of sp³-hybridized carbons (Fsp3) is 0.125. The molecule has 4 N–H and O–H groups in total. The van der Waals surface area contributed by atoms with Crippen molar-refractivity contribution in [2.45, 2.75) is 13.8 Å². The van der Waals surface area contributed by atoms with Crippen molar-refractivity contribution < 1.29 is 9.59 Å². The number of nitrogen functional groups attached to an aromatic ring is 1. The zero-order valence-corrected chi connectivity index (χ0v) is 11.4. The molecular weight excluding hydrogens is 252 g/mol. The second-order valence-electron chi connectivity index (χ2n) is 4.71. The third-order valence-electron chi connectivity index (χ3n) is 3.42. The highest BCUT2D eigenvalue weighted by Crippen LogP contribution is 2.27. The number of ketones is 1. The lowest BCUT2D eigenvalue weighted by atomic mass is 9.91. The van der Waals surface area contributed by atoms with Crippen molar-refractivity contribution in [2.24, 2.45) is 5.73 Å². The summed E-state index contributed by atoms with van der Waals surface area (Å²) in [5, 5.41) is 0. The van der Waals surface area contributed by atoms with Crippen LogP contribution in [-0.2, 0) is 0 Å². The van der Waals surface area contributed by atoms with Crippen molar-refractivity contribution >= 4 is 17.4 Å². The molecule has 2 aromatic rings. The normalized spacial score (nSPS) is 10.3. The molecule has 4 nitrogen and oxygen atoms in total. The number of nitrogens with two attached hydrogens (primary N) is 2. The highest BCUT2D eigenvalue weighted by Gasteiger charge is 2.21. The summed E-state index contributed by atoms with van der Waals surface area (Å²) in [6.45, 7) is 3.63. The van der Waals surface area contributed by atoms with Gasteiger partial charge in [-0.2, -0.15) is 0 Å². The van der Waals surface area contributed by atoms with Crippen molar-refractivity contribution in [3.05, 3.63) is 64.2 Å². The highest BCUT2D eigenvalue weighted by atomic mass is 16.1. The third-order valence-corrected chi connectivity index (χ3v) is 3.42. The topological polar surface area (TPSA) is 86.2 Å². The van der Waals surface area contributed by atoms with Gasteiger partial charge in [-0.15, -0.1) is 0 Å². The Balaban J connectivity index is 2.68. The molecule has 0 fully saturated rings. The van der Waals surface area contributed by atoms with E-state index < -0.39 is 5.91 Å². The van der Waals surface area contributed by atoms with E-state index >= 15 is 0 Å². The van der Waals surface area contributed by atoms with Gasteiger partial charge in [0.2, 0.25) is 0 Å². The Morgan fingerprint density at radius 2 is 1.65 bits per heavy atom. The van der Waals surface area contributed by atoms with Crippen molar-refractivity contribution in [1.29, 1.82) is 0 Å². The van der Waals surface area contributed by atoms with E-state index in [1.807, 2.05) is 19.9 Å². The average molecular weight is 268 g/mol. The minimum Gasteiger partial charge on any atom is -0.397 e. The first-order chi connectivity index (χ1) is 9.43. The number of hydrogen-bond acceptors (Lipinski definition) is 3. The van der Waals surface area contributed by atoms with Crippen LogP contribution in [0.5, 0.6) is 0 Å². The molecule has 0 saturated heterocycles. The van der Waals surface area contributed by atoms with Gasteiger partial charge in [0, 0.05) is 11.1 Å². The fourth-order valence-electron chi connectivity index (χ4n) is 2.17. The van der Waals surface area contributed by atoms with Crippen LogP contribution < -0.4 is 11.5 Å². The number of hydrogen-bond donors (Lipinski definition) is 2. The summed E-state index contributed by atoms with van der Waals surface area (Å²) in [7, 11) is 0. The van der Waals surface area contributed by atoms with Gasteiger partial charge >= 0.3 is 0 Å². The van der Waals surface area contributed by atoms with Crippen molar-refractivity contribution in [1.82, 2.24) is 0 Å². The number of primary amides is 1. The molecule has 2 aromatic carbocycles. The van der Waals surface area contributed by atoms with Crippen molar-refractivity contribution in [3.63, 3.8) is 0 Å². The van der Waals surface area contributed by atoms with E-state index in [0.717, 1.165) is 11.1 Å². The summed E-state index contributed by atoms with van der Waals surface area (Å²) < 4.78 is 0. The zero-order chi connectivity index (χ0) is 14.9. The first kappa shape index (κ1) is 13.8. The largest absolute Gasteiger partial charge is 0.397 e. The maximum Gasteiger partial charge on any atom is 0.250 e. The lowest BCUT2D eigenvalue weighted by Gasteiger charge is -2.14. The van der Waals surface area contributed by atoms with E-state index in [1.54, 1.807) is 30.3 Å². The first-order valence-electron chi connectivity index (χ1n) is 6.22. The van der Waals surface area contributed by atoms with Crippen LogP contribution in [0.4, 0.5) is 5.69 Å². The van der Waals surface area contributed by atoms with E-state index in [9.17, 15) is 9.59 Å². The molecule has 0 aromatic heterocycles. The van der Waals surface area contributed by atoms with Crippen LogP contribution in [0.1, 0.15) is 37.4 Å². The minimum atomic E-state index is -0.632. The highest BCUT2D eigenvalue weighted by molar-refractivity contribution is 6.16. The van der Waals surface area contributed by atoms with Gasteiger partial charge in [0.1, 0.15) is 0 Å². The number of carbonyl (C=O) groups excluding carboxylic acids is 2. The Hall–Kier alpha value is -2.62. The Labute approximate surface area is 117 Å². The quantitative estimate of drug-likeness (QED) is 0.661. The molecule has 0 heterocycles. The van der Waals surface area contributed by atoms with Crippen LogP contribution in [0.25, 0.3) is 0 Å². The van der Waals surface area contributed by atoms with Crippen LogP contribution in [0.15, 0.2) is 36.4 Å². The van der Waals surface area contributed by atoms with Crippen LogP contribution in [0.2, 0.25) is 0 Å². The Kier molecular flexibility index (Phi) is 3.57. The van der Waals surface area contributed by atoms with E-state index in [-0.39, 0.29) is 17.0 Å². The van der Waals surface area contributed by atoms with E-state index in [1.165, 1.54) is 0 Å². The van der Waals surface area contributed by atoms with E-state index in [2.05, 4.69) is 0 Å². The fourth-order valence-corrected chi connectivity index (χ4v) is 2.17. The Morgan fingerprint density at radius 3 is 2.20 bits per heavy atom. The molecule has 0 bridgehead atoms. The number of carbonyl (C=O) groups is 2.